The smallest absolute Gasteiger partial charge is 0.308 e. The van der Waals surface area contributed by atoms with Crippen molar-refractivity contribution in [2.75, 3.05) is 7.11 Å². The molecule has 1 aliphatic rings. The number of thiazole rings is 1. The van der Waals surface area contributed by atoms with Crippen molar-refractivity contribution in [2.24, 2.45) is 0 Å². The number of carboxylic acids is 1. The molecule has 1 saturated carbocycles. The van der Waals surface area contributed by atoms with Gasteiger partial charge in [0.2, 0.25) is 0 Å². The molecule has 0 aliphatic heterocycles. The zero-order valence-corrected chi connectivity index (χ0v) is 9.34. The predicted octanol–water partition coefficient (Wildman–Crippen LogP) is 1.79. The minimum absolute atomic E-state index is 0.0586. The molecule has 1 aliphatic carbocycles. The van der Waals surface area contributed by atoms with E-state index in [1.165, 1.54) is 24.2 Å². The lowest BCUT2D eigenvalue weighted by Gasteiger charge is -1.96. The molecule has 5 heteroatoms. The fourth-order valence-corrected chi connectivity index (χ4v) is 2.66. The molecule has 2 rings (SSSR count). The Bertz CT molecular complexity index is 371. The molecule has 0 bridgehead atoms. The van der Waals surface area contributed by atoms with E-state index < -0.39 is 5.97 Å². The normalized spacial score (nSPS) is 15.5. The number of hydrogen-bond donors (Lipinski definition) is 1. The Morgan fingerprint density at radius 3 is 2.93 bits per heavy atom. The highest BCUT2D eigenvalue weighted by molar-refractivity contribution is 7.12. The fraction of sp³-hybridized carbons (Fsp3) is 0.600. The molecule has 1 aromatic heterocycles. The van der Waals surface area contributed by atoms with Gasteiger partial charge in [-0.1, -0.05) is 0 Å². The summed E-state index contributed by atoms with van der Waals surface area (Å²) in [4.78, 5) is 15.9. The van der Waals surface area contributed by atoms with Crippen LogP contribution in [-0.2, 0) is 22.6 Å². The van der Waals surface area contributed by atoms with E-state index in [-0.39, 0.29) is 6.42 Å². The minimum Gasteiger partial charge on any atom is -0.481 e. The summed E-state index contributed by atoms with van der Waals surface area (Å²) in [5.41, 5.74) is 0.798. The number of carbonyl (C=O) groups is 1. The Hall–Kier alpha value is -0.940. The van der Waals surface area contributed by atoms with Crippen molar-refractivity contribution < 1.29 is 14.6 Å². The zero-order valence-electron chi connectivity index (χ0n) is 8.52. The Morgan fingerprint density at radius 2 is 2.40 bits per heavy atom. The number of aliphatic carboxylic acids is 1. The Kier molecular flexibility index (Phi) is 3.02. The van der Waals surface area contributed by atoms with Gasteiger partial charge < -0.3 is 9.84 Å². The molecule has 15 heavy (non-hydrogen) atoms. The Balaban J connectivity index is 2.19. The van der Waals surface area contributed by atoms with Gasteiger partial charge in [-0.3, -0.25) is 4.79 Å². The van der Waals surface area contributed by atoms with Crippen LogP contribution in [0.3, 0.4) is 0 Å². The molecule has 82 valence electrons. The lowest BCUT2D eigenvalue weighted by atomic mass is 10.3. The van der Waals surface area contributed by atoms with Crippen LogP contribution in [0.5, 0.6) is 0 Å². The summed E-state index contributed by atoms with van der Waals surface area (Å²) in [5, 5.41) is 9.84. The molecule has 0 saturated heterocycles. The monoisotopic (exact) mass is 227 g/mol. The van der Waals surface area contributed by atoms with Gasteiger partial charge in [0.1, 0.15) is 0 Å². The summed E-state index contributed by atoms with van der Waals surface area (Å²) >= 11 is 1.53. The van der Waals surface area contributed by atoms with Gasteiger partial charge in [0.05, 0.1) is 23.7 Å². The van der Waals surface area contributed by atoms with E-state index in [1.54, 1.807) is 7.11 Å². The topological polar surface area (TPSA) is 59.4 Å². The van der Waals surface area contributed by atoms with Crippen molar-refractivity contribution in [1.82, 2.24) is 4.98 Å². The van der Waals surface area contributed by atoms with Crippen LogP contribution in [0, 0.1) is 0 Å². The summed E-state index contributed by atoms with van der Waals surface area (Å²) in [6.07, 6.45) is 2.43. The molecular weight excluding hydrogens is 214 g/mol. The third-order valence-electron chi connectivity index (χ3n) is 2.31. The van der Waals surface area contributed by atoms with Gasteiger partial charge in [0, 0.05) is 17.9 Å². The number of nitrogens with zero attached hydrogens (tertiary/aromatic N) is 1. The van der Waals surface area contributed by atoms with Crippen LogP contribution in [0.1, 0.15) is 34.3 Å². The summed E-state index contributed by atoms with van der Waals surface area (Å²) in [6, 6.07) is 0. The van der Waals surface area contributed by atoms with Gasteiger partial charge in [-0.2, -0.15) is 0 Å². The molecule has 0 radical (unpaired) electrons. The van der Waals surface area contributed by atoms with Gasteiger partial charge >= 0.3 is 5.97 Å². The first-order valence-corrected chi connectivity index (χ1v) is 5.71. The zero-order chi connectivity index (χ0) is 10.8. The van der Waals surface area contributed by atoms with Crippen LogP contribution in [0.15, 0.2) is 0 Å². The molecule has 1 N–H and O–H groups in total. The average molecular weight is 227 g/mol. The Morgan fingerprint density at radius 1 is 1.67 bits per heavy atom. The van der Waals surface area contributed by atoms with E-state index in [9.17, 15) is 4.79 Å². The number of carboxylic acid groups (broad SMARTS) is 1. The molecule has 4 nitrogen and oxygen atoms in total. The van der Waals surface area contributed by atoms with Gasteiger partial charge in [-0.15, -0.1) is 11.3 Å². The number of methoxy groups -OCH3 is 1. The molecular formula is C10H13NO3S. The van der Waals surface area contributed by atoms with Crippen molar-refractivity contribution in [3.8, 4) is 0 Å². The standard InChI is InChI=1S/C10H13NO3S/c1-14-5-7-8(4-9(12)13)15-10(11-7)6-2-3-6/h6H,2-5H2,1H3,(H,12,13). The molecule has 1 heterocycles. The lowest BCUT2D eigenvalue weighted by molar-refractivity contribution is -0.136. The first-order valence-electron chi connectivity index (χ1n) is 4.90. The van der Waals surface area contributed by atoms with E-state index >= 15 is 0 Å². The van der Waals surface area contributed by atoms with Crippen LogP contribution in [0.2, 0.25) is 0 Å². The molecule has 1 aromatic rings. The summed E-state index contributed by atoms with van der Waals surface area (Å²) in [6.45, 7) is 0.409. The van der Waals surface area contributed by atoms with E-state index in [4.69, 9.17) is 9.84 Å². The molecule has 0 amide bonds. The SMILES string of the molecule is COCc1nc(C2CC2)sc1CC(=O)O. The molecule has 0 spiro atoms. The first-order chi connectivity index (χ1) is 7.20. The highest BCUT2D eigenvalue weighted by Gasteiger charge is 2.28. The third-order valence-corrected chi connectivity index (χ3v) is 3.57. The van der Waals surface area contributed by atoms with E-state index in [1.807, 2.05) is 0 Å². The van der Waals surface area contributed by atoms with E-state index in [2.05, 4.69) is 4.98 Å². The van der Waals surface area contributed by atoms with Gasteiger partial charge in [-0.25, -0.2) is 4.98 Å². The average Bonchev–Trinajstić information content (AvgIpc) is 2.92. The minimum atomic E-state index is -0.807. The molecule has 0 atom stereocenters. The number of aromatic nitrogens is 1. The second-order valence-electron chi connectivity index (χ2n) is 3.70. The summed E-state index contributed by atoms with van der Waals surface area (Å²) in [5.74, 6) is -0.230. The number of rotatable bonds is 5. The van der Waals surface area contributed by atoms with Gasteiger partial charge in [0.15, 0.2) is 0 Å². The quantitative estimate of drug-likeness (QED) is 0.833. The van der Waals surface area contributed by atoms with Gasteiger partial charge in [0.25, 0.3) is 0 Å². The van der Waals surface area contributed by atoms with E-state index in [0.29, 0.717) is 12.5 Å². The van der Waals surface area contributed by atoms with Crippen molar-refractivity contribution in [3.05, 3.63) is 15.6 Å². The maximum absolute atomic E-state index is 10.7. The molecule has 0 aromatic carbocycles. The number of ether oxygens (including phenoxy) is 1. The van der Waals surface area contributed by atoms with Crippen LogP contribution in [0.4, 0.5) is 0 Å². The number of hydrogen-bond acceptors (Lipinski definition) is 4. The summed E-state index contributed by atoms with van der Waals surface area (Å²) < 4.78 is 5.01. The predicted molar refractivity (Wildman–Crippen MR) is 56.1 cm³/mol. The second-order valence-corrected chi connectivity index (χ2v) is 4.81. The van der Waals surface area contributed by atoms with Gasteiger partial charge in [-0.05, 0) is 12.8 Å². The highest BCUT2D eigenvalue weighted by Crippen LogP contribution is 2.42. The fourth-order valence-electron chi connectivity index (χ4n) is 1.43. The van der Waals surface area contributed by atoms with E-state index in [0.717, 1.165) is 15.6 Å². The highest BCUT2D eigenvalue weighted by atomic mass is 32.1. The summed E-state index contributed by atoms with van der Waals surface area (Å²) in [7, 11) is 1.60. The maximum Gasteiger partial charge on any atom is 0.308 e. The third kappa shape index (κ3) is 2.54. The second kappa shape index (κ2) is 4.28. The van der Waals surface area contributed by atoms with Crippen molar-refractivity contribution in [1.29, 1.82) is 0 Å². The van der Waals surface area contributed by atoms with Crippen molar-refractivity contribution in [3.63, 3.8) is 0 Å². The first kappa shape index (κ1) is 10.6. The van der Waals surface area contributed by atoms with Crippen LogP contribution in [-0.4, -0.2) is 23.2 Å². The Labute approximate surface area is 91.9 Å². The largest absolute Gasteiger partial charge is 0.481 e. The van der Waals surface area contributed by atoms with Crippen molar-refractivity contribution >= 4 is 17.3 Å². The lowest BCUT2D eigenvalue weighted by Crippen LogP contribution is -2.01. The van der Waals surface area contributed by atoms with Crippen LogP contribution >= 0.6 is 11.3 Å². The maximum atomic E-state index is 10.7. The van der Waals surface area contributed by atoms with Crippen LogP contribution < -0.4 is 0 Å². The van der Waals surface area contributed by atoms with Crippen molar-refractivity contribution in [2.45, 2.75) is 31.8 Å². The molecule has 1 fully saturated rings. The molecule has 0 unspecified atom stereocenters. The van der Waals surface area contributed by atoms with Crippen LogP contribution in [0.25, 0.3) is 0 Å².